The molecule has 3 aromatic rings. The van der Waals surface area contributed by atoms with Crippen LogP contribution in [0.15, 0.2) is 64.6 Å². The van der Waals surface area contributed by atoms with Crippen LogP contribution in [0.4, 0.5) is 5.69 Å². The van der Waals surface area contributed by atoms with Crippen molar-refractivity contribution in [3.05, 3.63) is 76.4 Å². The highest BCUT2D eigenvalue weighted by Gasteiger charge is 2.21. The molecule has 0 aliphatic heterocycles. The van der Waals surface area contributed by atoms with Crippen LogP contribution in [0, 0.1) is 6.92 Å². The topological polar surface area (TPSA) is 28.4 Å². The van der Waals surface area contributed by atoms with Gasteiger partial charge in [0.1, 0.15) is 5.76 Å². The Hall–Kier alpha value is -2.11. The molecule has 0 aliphatic carbocycles. The number of anilines is 1. The lowest BCUT2D eigenvalue weighted by molar-refractivity contribution is 0.306. The van der Waals surface area contributed by atoms with Gasteiger partial charge in [-0.2, -0.15) is 0 Å². The largest absolute Gasteiger partial charge is 0.467 e. The average Bonchev–Trinajstić information content (AvgIpc) is 3.27. The Morgan fingerprint density at radius 2 is 2.00 bits per heavy atom. The van der Waals surface area contributed by atoms with Crippen molar-refractivity contribution in [3.63, 3.8) is 0 Å². The van der Waals surface area contributed by atoms with Gasteiger partial charge in [0, 0.05) is 10.6 Å². The summed E-state index contributed by atoms with van der Waals surface area (Å²) in [5, 5.41) is 6.13. The van der Waals surface area contributed by atoms with Gasteiger partial charge in [-0.05, 0) is 61.8 Å². The molecule has 2 aromatic heterocycles. The van der Waals surface area contributed by atoms with Gasteiger partial charge >= 0.3 is 0 Å². The fourth-order valence-electron chi connectivity index (χ4n) is 2.47. The Morgan fingerprint density at radius 1 is 1.21 bits per heavy atom. The minimum absolute atomic E-state index is 0.167. The van der Waals surface area contributed by atoms with Gasteiger partial charge in [0.05, 0.1) is 18.8 Å². The molecular weight excluding hydrogens is 336 g/mol. The quantitative estimate of drug-likeness (QED) is 0.602. The highest BCUT2D eigenvalue weighted by molar-refractivity contribution is 7.80. The van der Waals surface area contributed by atoms with Gasteiger partial charge in [0.25, 0.3) is 0 Å². The Bertz CT molecular complexity index is 764. The van der Waals surface area contributed by atoms with Crippen LogP contribution in [0.2, 0.25) is 0 Å². The molecule has 124 valence electrons. The molecule has 24 heavy (non-hydrogen) atoms. The van der Waals surface area contributed by atoms with E-state index in [9.17, 15) is 0 Å². The van der Waals surface area contributed by atoms with E-state index in [-0.39, 0.29) is 6.04 Å². The molecule has 1 atom stereocenters. The van der Waals surface area contributed by atoms with Crippen molar-refractivity contribution in [1.29, 1.82) is 0 Å². The molecular formula is C19H20N2OS2. The van der Waals surface area contributed by atoms with Gasteiger partial charge in [-0.15, -0.1) is 11.3 Å². The third-order valence-corrected chi connectivity index (χ3v) is 5.27. The lowest BCUT2D eigenvalue weighted by Crippen LogP contribution is -2.36. The predicted octanol–water partition coefficient (Wildman–Crippen LogP) is 5.61. The molecule has 0 fully saturated rings. The average molecular weight is 357 g/mol. The smallest absolute Gasteiger partial charge is 0.174 e. The zero-order valence-electron chi connectivity index (χ0n) is 13.7. The molecule has 1 aromatic carbocycles. The van der Waals surface area contributed by atoms with E-state index in [1.54, 1.807) is 17.6 Å². The zero-order valence-corrected chi connectivity index (χ0v) is 15.4. The molecule has 0 saturated carbocycles. The first-order chi connectivity index (χ1) is 11.6. The number of thiocarbonyl (C=S) groups is 1. The summed E-state index contributed by atoms with van der Waals surface area (Å²) in [5.41, 5.74) is 2.22. The van der Waals surface area contributed by atoms with E-state index in [1.165, 1.54) is 10.4 Å². The van der Waals surface area contributed by atoms with Crippen molar-refractivity contribution in [2.24, 2.45) is 0 Å². The van der Waals surface area contributed by atoms with E-state index in [0.717, 1.165) is 11.4 Å². The summed E-state index contributed by atoms with van der Waals surface area (Å²) in [6.07, 6.45) is 1.69. The Labute approximate surface area is 151 Å². The molecule has 2 heterocycles. The molecule has 0 amide bonds. The van der Waals surface area contributed by atoms with Crippen LogP contribution in [0.5, 0.6) is 0 Å². The highest BCUT2D eigenvalue weighted by Crippen LogP contribution is 2.27. The number of nitrogens with one attached hydrogen (secondary N) is 1. The summed E-state index contributed by atoms with van der Waals surface area (Å²) in [6, 6.07) is 16.5. The van der Waals surface area contributed by atoms with Crippen molar-refractivity contribution >= 4 is 34.4 Å². The summed E-state index contributed by atoms with van der Waals surface area (Å²) >= 11 is 7.43. The van der Waals surface area contributed by atoms with Crippen molar-refractivity contribution in [3.8, 4) is 0 Å². The molecule has 0 unspecified atom stereocenters. The first-order valence-electron chi connectivity index (χ1n) is 7.83. The van der Waals surface area contributed by atoms with Crippen LogP contribution < -0.4 is 5.32 Å². The SMILES string of the molecule is Cc1ccc(NC(=S)N(Cc2ccco2)[C@@H](C)c2cccs2)cc1. The van der Waals surface area contributed by atoms with Crippen LogP contribution in [0.25, 0.3) is 0 Å². The molecule has 0 bridgehead atoms. The summed E-state index contributed by atoms with van der Waals surface area (Å²) in [7, 11) is 0. The normalized spacial score (nSPS) is 11.9. The number of furan rings is 1. The summed E-state index contributed by atoms with van der Waals surface area (Å²) in [6.45, 7) is 4.87. The number of hydrogen-bond donors (Lipinski definition) is 1. The Balaban J connectivity index is 1.80. The second kappa shape index (κ2) is 7.64. The van der Waals surface area contributed by atoms with Gasteiger partial charge in [-0.3, -0.25) is 0 Å². The third kappa shape index (κ3) is 4.04. The van der Waals surface area contributed by atoms with E-state index < -0.39 is 0 Å². The molecule has 0 radical (unpaired) electrons. The second-order valence-corrected chi connectivity index (χ2v) is 7.06. The van der Waals surface area contributed by atoms with Crippen LogP contribution in [0.3, 0.4) is 0 Å². The maximum atomic E-state index is 5.69. The van der Waals surface area contributed by atoms with Gasteiger partial charge in [0.15, 0.2) is 5.11 Å². The number of rotatable bonds is 5. The van der Waals surface area contributed by atoms with Crippen molar-refractivity contribution in [2.75, 3.05) is 5.32 Å². The lowest BCUT2D eigenvalue weighted by Gasteiger charge is -2.30. The summed E-state index contributed by atoms with van der Waals surface area (Å²) in [5.74, 6) is 0.895. The van der Waals surface area contributed by atoms with Crippen LogP contribution in [0.1, 0.15) is 29.2 Å². The third-order valence-electron chi connectivity index (χ3n) is 3.89. The summed E-state index contributed by atoms with van der Waals surface area (Å²) in [4.78, 5) is 3.43. The zero-order chi connectivity index (χ0) is 16.9. The highest BCUT2D eigenvalue weighted by atomic mass is 32.1. The van der Waals surface area contributed by atoms with Crippen LogP contribution in [-0.4, -0.2) is 10.0 Å². The van der Waals surface area contributed by atoms with E-state index in [4.69, 9.17) is 16.6 Å². The van der Waals surface area contributed by atoms with Crippen LogP contribution in [-0.2, 0) is 6.54 Å². The van der Waals surface area contributed by atoms with Crippen molar-refractivity contribution < 1.29 is 4.42 Å². The molecule has 3 nitrogen and oxygen atoms in total. The molecule has 1 N–H and O–H groups in total. The minimum Gasteiger partial charge on any atom is -0.467 e. The number of hydrogen-bond acceptors (Lipinski definition) is 3. The fourth-order valence-corrected chi connectivity index (χ4v) is 3.61. The molecule has 0 aliphatic rings. The predicted molar refractivity (Wildman–Crippen MR) is 104 cm³/mol. The Morgan fingerprint density at radius 3 is 2.62 bits per heavy atom. The monoisotopic (exact) mass is 356 g/mol. The van der Waals surface area contributed by atoms with Crippen LogP contribution >= 0.6 is 23.6 Å². The lowest BCUT2D eigenvalue weighted by atomic mass is 10.2. The van der Waals surface area contributed by atoms with Gasteiger partial charge in [-0.25, -0.2) is 0 Å². The molecule has 0 spiro atoms. The molecule has 0 saturated heterocycles. The van der Waals surface area contributed by atoms with Crippen molar-refractivity contribution in [1.82, 2.24) is 4.90 Å². The van der Waals surface area contributed by atoms with E-state index in [2.05, 4.69) is 53.7 Å². The van der Waals surface area contributed by atoms with Gasteiger partial charge in [0.2, 0.25) is 0 Å². The fraction of sp³-hybridized carbons (Fsp3) is 0.211. The van der Waals surface area contributed by atoms with Gasteiger partial charge in [-0.1, -0.05) is 23.8 Å². The van der Waals surface area contributed by atoms with Gasteiger partial charge < -0.3 is 14.6 Å². The molecule has 3 rings (SSSR count). The first-order valence-corrected chi connectivity index (χ1v) is 9.12. The second-order valence-electron chi connectivity index (χ2n) is 5.69. The number of benzene rings is 1. The summed E-state index contributed by atoms with van der Waals surface area (Å²) < 4.78 is 5.52. The number of aryl methyl sites for hydroxylation is 1. The maximum absolute atomic E-state index is 5.69. The minimum atomic E-state index is 0.167. The standard InChI is InChI=1S/C19H20N2OS2/c1-14-7-9-16(10-8-14)20-19(23)21(13-17-5-3-11-22-17)15(2)18-6-4-12-24-18/h3-12,15H,13H2,1-2H3,(H,20,23)/t15-/m0/s1. The maximum Gasteiger partial charge on any atom is 0.174 e. The Kier molecular flexibility index (Phi) is 5.33. The number of thiophene rings is 1. The first kappa shape index (κ1) is 16.7. The number of nitrogens with zero attached hydrogens (tertiary/aromatic N) is 1. The van der Waals surface area contributed by atoms with E-state index >= 15 is 0 Å². The van der Waals surface area contributed by atoms with Crippen molar-refractivity contribution in [2.45, 2.75) is 26.4 Å². The molecule has 5 heteroatoms. The van der Waals surface area contributed by atoms with E-state index in [1.807, 2.05) is 24.3 Å². The van der Waals surface area contributed by atoms with E-state index in [0.29, 0.717) is 11.7 Å².